The van der Waals surface area contributed by atoms with Crippen molar-refractivity contribution in [2.24, 2.45) is 11.8 Å². The van der Waals surface area contributed by atoms with Gasteiger partial charge in [-0.15, -0.1) is 0 Å². The van der Waals surface area contributed by atoms with Gasteiger partial charge in [0.2, 0.25) is 0 Å². The van der Waals surface area contributed by atoms with E-state index < -0.39 is 0 Å². The van der Waals surface area contributed by atoms with Crippen LogP contribution in [0.15, 0.2) is 36.5 Å². The van der Waals surface area contributed by atoms with Crippen molar-refractivity contribution in [2.45, 2.75) is 0 Å². The molecule has 0 radical (unpaired) electrons. The zero-order chi connectivity index (χ0) is 7.68. The molecule has 0 amide bonds. The van der Waals surface area contributed by atoms with Crippen molar-refractivity contribution in [3.8, 4) is 0 Å². The Bertz CT molecular complexity index is 280. The van der Waals surface area contributed by atoms with E-state index in [-0.39, 0.29) is 11.8 Å². The average molecular weight is 144 g/mol. The van der Waals surface area contributed by atoms with E-state index >= 15 is 0 Å². The standard InChI is InChI=1S/C9H8N2/c10-11-9-7-3-1-2-4-8(9)6-5-7/h1-8H. The molecule has 0 aromatic rings. The summed E-state index contributed by atoms with van der Waals surface area (Å²) in [7, 11) is 0. The molecule has 11 heavy (non-hydrogen) atoms. The van der Waals surface area contributed by atoms with Crippen LogP contribution in [0.1, 0.15) is 0 Å². The minimum atomic E-state index is 0.208. The van der Waals surface area contributed by atoms with Crippen molar-refractivity contribution < 1.29 is 4.79 Å². The molecule has 0 saturated heterocycles. The molecule has 0 aliphatic heterocycles. The van der Waals surface area contributed by atoms with Gasteiger partial charge in [0.1, 0.15) is 0 Å². The summed E-state index contributed by atoms with van der Waals surface area (Å²) in [4.78, 5) is 3.28. The Balaban J connectivity index is 2.51. The lowest BCUT2D eigenvalue weighted by Gasteiger charge is -1.94. The molecule has 0 spiro atoms. The maximum Gasteiger partial charge on any atom is 0.289 e. The van der Waals surface area contributed by atoms with Crippen LogP contribution in [0.4, 0.5) is 0 Å². The smallest absolute Gasteiger partial charge is 0.289 e. The Labute approximate surface area is 65.2 Å². The lowest BCUT2D eigenvalue weighted by molar-refractivity contribution is -0.0133. The molecular weight excluding hydrogens is 136 g/mol. The number of hydrogen-bond donors (Lipinski definition) is 0. The summed E-state index contributed by atoms with van der Waals surface area (Å²) in [5.74, 6) is 0.417. The second-order valence-corrected chi connectivity index (χ2v) is 2.73. The summed E-state index contributed by atoms with van der Waals surface area (Å²) in [5.41, 5.74) is 9.51. The monoisotopic (exact) mass is 144 g/mol. The van der Waals surface area contributed by atoms with Gasteiger partial charge in [-0.3, -0.25) is 0 Å². The second kappa shape index (κ2) is 2.33. The molecule has 54 valence electrons. The molecule has 2 atom stereocenters. The molecule has 0 heterocycles. The number of nitrogens with zero attached hydrogens (tertiary/aromatic N) is 2. The zero-order valence-corrected chi connectivity index (χ0v) is 6.01. The minimum Gasteiger partial charge on any atom is -0.362 e. The van der Waals surface area contributed by atoms with E-state index in [2.05, 4.69) is 16.9 Å². The molecular formula is C9H8N2. The van der Waals surface area contributed by atoms with Gasteiger partial charge in [0, 0.05) is 0 Å². The van der Waals surface area contributed by atoms with Crippen LogP contribution in [0.2, 0.25) is 0 Å². The van der Waals surface area contributed by atoms with Gasteiger partial charge < -0.3 is 5.53 Å². The van der Waals surface area contributed by atoms with Crippen molar-refractivity contribution in [3.05, 3.63) is 42.0 Å². The third kappa shape index (κ3) is 0.883. The van der Waals surface area contributed by atoms with Crippen LogP contribution in [0.25, 0.3) is 5.53 Å². The normalized spacial score (nSPS) is 32.2. The fourth-order valence-electron chi connectivity index (χ4n) is 1.49. The molecule has 0 aromatic heterocycles. The van der Waals surface area contributed by atoms with E-state index in [4.69, 9.17) is 5.53 Å². The van der Waals surface area contributed by atoms with E-state index in [1.54, 1.807) is 0 Å². The summed E-state index contributed by atoms with van der Waals surface area (Å²) in [6.07, 6.45) is 12.1. The number of rotatable bonds is 0. The topological polar surface area (TPSA) is 36.4 Å². The first-order valence-electron chi connectivity index (χ1n) is 3.67. The van der Waals surface area contributed by atoms with Crippen LogP contribution in [0, 0.1) is 11.8 Å². The lowest BCUT2D eigenvalue weighted by atomic mass is 10.0. The quantitative estimate of drug-likeness (QED) is 0.281. The summed E-state index contributed by atoms with van der Waals surface area (Å²) in [6, 6.07) is 0. The Morgan fingerprint density at radius 3 is 2.00 bits per heavy atom. The highest BCUT2D eigenvalue weighted by atomic mass is 14.9. The third-order valence-corrected chi connectivity index (χ3v) is 2.07. The first-order valence-corrected chi connectivity index (χ1v) is 3.67. The van der Waals surface area contributed by atoms with Crippen LogP contribution in [0.5, 0.6) is 0 Å². The molecule has 0 saturated carbocycles. The number of fused-ring (bicyclic) bond motifs is 2. The van der Waals surface area contributed by atoms with Crippen molar-refractivity contribution in [1.82, 2.24) is 0 Å². The maximum absolute atomic E-state index is 8.68. The van der Waals surface area contributed by atoms with Gasteiger partial charge in [0.15, 0.2) is 0 Å². The molecule has 2 bridgehead atoms. The van der Waals surface area contributed by atoms with Crippen LogP contribution in [0.3, 0.4) is 0 Å². The first-order chi connectivity index (χ1) is 5.42. The van der Waals surface area contributed by atoms with Crippen molar-refractivity contribution in [3.63, 3.8) is 0 Å². The van der Waals surface area contributed by atoms with Crippen molar-refractivity contribution in [1.29, 1.82) is 0 Å². The van der Waals surface area contributed by atoms with Gasteiger partial charge in [0.05, 0.1) is 11.8 Å². The van der Waals surface area contributed by atoms with Gasteiger partial charge in [-0.05, 0) is 0 Å². The van der Waals surface area contributed by atoms with Crippen molar-refractivity contribution in [2.75, 3.05) is 0 Å². The molecule has 0 aromatic carbocycles. The summed E-state index contributed by atoms with van der Waals surface area (Å²) in [6.45, 7) is 0. The predicted octanol–water partition coefficient (Wildman–Crippen LogP) is 1.59. The van der Waals surface area contributed by atoms with Crippen molar-refractivity contribution >= 4 is 5.71 Å². The second-order valence-electron chi connectivity index (χ2n) is 2.73. The van der Waals surface area contributed by atoms with Gasteiger partial charge in [-0.25, -0.2) is 0 Å². The van der Waals surface area contributed by atoms with Crippen LogP contribution < -0.4 is 0 Å². The number of hydrogen-bond acceptors (Lipinski definition) is 0. The Kier molecular flexibility index (Phi) is 1.34. The van der Waals surface area contributed by atoms with E-state index in [0.29, 0.717) is 0 Å². The minimum absolute atomic E-state index is 0.208. The van der Waals surface area contributed by atoms with Gasteiger partial charge in [0.25, 0.3) is 5.71 Å². The SMILES string of the molecule is [N-]=[N+]=C1C2C=CC=CC1C=C2. The van der Waals surface area contributed by atoms with Gasteiger partial charge in [-0.1, -0.05) is 36.5 Å². The molecule has 0 fully saturated rings. The first kappa shape index (κ1) is 6.32. The predicted molar refractivity (Wildman–Crippen MR) is 43.0 cm³/mol. The Morgan fingerprint density at radius 2 is 1.55 bits per heavy atom. The van der Waals surface area contributed by atoms with E-state index in [1.807, 2.05) is 24.3 Å². The highest BCUT2D eigenvalue weighted by Gasteiger charge is 2.31. The molecule has 2 unspecified atom stereocenters. The Morgan fingerprint density at radius 1 is 1.00 bits per heavy atom. The largest absolute Gasteiger partial charge is 0.362 e. The summed E-state index contributed by atoms with van der Waals surface area (Å²) in [5, 5.41) is 0. The molecule has 2 rings (SSSR count). The zero-order valence-electron chi connectivity index (χ0n) is 6.01. The summed E-state index contributed by atoms with van der Waals surface area (Å²) < 4.78 is 0. The third-order valence-electron chi connectivity index (χ3n) is 2.07. The Hall–Kier alpha value is -1.40. The van der Waals surface area contributed by atoms with Gasteiger partial charge in [-0.2, -0.15) is 4.79 Å². The molecule has 2 aliphatic carbocycles. The van der Waals surface area contributed by atoms with Gasteiger partial charge >= 0.3 is 0 Å². The lowest BCUT2D eigenvalue weighted by Crippen LogP contribution is -2.12. The maximum atomic E-state index is 8.68. The summed E-state index contributed by atoms with van der Waals surface area (Å²) >= 11 is 0. The van der Waals surface area contributed by atoms with Crippen LogP contribution in [-0.2, 0) is 0 Å². The van der Waals surface area contributed by atoms with E-state index in [1.165, 1.54) is 0 Å². The fraction of sp³-hybridized carbons (Fsp3) is 0.222. The highest BCUT2D eigenvalue weighted by Crippen LogP contribution is 2.23. The van der Waals surface area contributed by atoms with E-state index in [9.17, 15) is 0 Å². The number of allylic oxidation sites excluding steroid dienone is 6. The highest BCUT2D eigenvalue weighted by molar-refractivity contribution is 5.93. The molecule has 2 nitrogen and oxygen atoms in total. The van der Waals surface area contributed by atoms with Crippen LogP contribution in [-0.4, -0.2) is 10.5 Å². The fourth-order valence-corrected chi connectivity index (χ4v) is 1.49. The van der Waals surface area contributed by atoms with Crippen LogP contribution >= 0.6 is 0 Å². The molecule has 0 N–H and O–H groups in total. The average Bonchev–Trinajstić information content (AvgIpc) is 2.23. The van der Waals surface area contributed by atoms with E-state index in [0.717, 1.165) is 5.71 Å². The molecule has 2 aliphatic rings. The molecule has 2 heteroatoms.